The standard InChI is InChI=1S/C22H24ClNO3/c1-15(25)17-6-3-5-16(11-17)13-24-10-4-7-18(14-24)22(26)20-12-19(23)8-9-21(20)27-2/h3,5-6,8-9,11-12,18H,4,7,10,13-14H2,1-2H3/t18-/m0/s1. The molecule has 0 aliphatic carbocycles. The molecular weight excluding hydrogens is 362 g/mol. The highest BCUT2D eigenvalue weighted by molar-refractivity contribution is 6.31. The number of rotatable bonds is 6. The van der Waals surface area contributed by atoms with Crippen molar-refractivity contribution < 1.29 is 14.3 Å². The van der Waals surface area contributed by atoms with E-state index in [1.54, 1.807) is 32.2 Å². The van der Waals surface area contributed by atoms with Gasteiger partial charge in [0.05, 0.1) is 12.7 Å². The van der Waals surface area contributed by atoms with Gasteiger partial charge in [-0.1, -0.05) is 29.8 Å². The summed E-state index contributed by atoms with van der Waals surface area (Å²) in [5, 5.41) is 0.535. The van der Waals surface area contributed by atoms with E-state index in [1.165, 1.54) is 0 Å². The van der Waals surface area contributed by atoms with Crippen LogP contribution < -0.4 is 4.74 Å². The third-order valence-electron chi connectivity index (χ3n) is 5.04. The molecule has 0 saturated carbocycles. The fourth-order valence-electron chi connectivity index (χ4n) is 3.65. The number of likely N-dealkylation sites (tertiary alicyclic amines) is 1. The number of halogens is 1. The number of hydrogen-bond acceptors (Lipinski definition) is 4. The lowest BCUT2D eigenvalue weighted by atomic mass is 9.89. The zero-order chi connectivity index (χ0) is 19.4. The van der Waals surface area contributed by atoms with Crippen molar-refractivity contribution in [1.82, 2.24) is 4.90 Å². The minimum Gasteiger partial charge on any atom is -0.496 e. The predicted molar refractivity (Wildman–Crippen MR) is 107 cm³/mol. The summed E-state index contributed by atoms with van der Waals surface area (Å²) in [6.45, 7) is 3.95. The molecule has 0 radical (unpaired) electrons. The number of carbonyl (C=O) groups excluding carboxylic acids is 2. The molecule has 1 fully saturated rings. The maximum Gasteiger partial charge on any atom is 0.170 e. The first-order valence-electron chi connectivity index (χ1n) is 9.18. The molecule has 1 heterocycles. The Morgan fingerprint density at radius 1 is 1.22 bits per heavy atom. The Labute approximate surface area is 165 Å². The molecule has 3 rings (SSSR count). The number of piperidine rings is 1. The highest BCUT2D eigenvalue weighted by Crippen LogP contribution is 2.29. The topological polar surface area (TPSA) is 46.6 Å². The Morgan fingerprint density at radius 2 is 2.04 bits per heavy atom. The van der Waals surface area contributed by atoms with E-state index in [4.69, 9.17) is 16.3 Å². The molecule has 0 spiro atoms. The average Bonchev–Trinajstić information content (AvgIpc) is 2.67. The van der Waals surface area contributed by atoms with Gasteiger partial charge in [-0.25, -0.2) is 0 Å². The van der Waals surface area contributed by atoms with Gasteiger partial charge in [-0.2, -0.15) is 0 Å². The highest BCUT2D eigenvalue weighted by atomic mass is 35.5. The van der Waals surface area contributed by atoms with E-state index >= 15 is 0 Å². The first-order chi connectivity index (χ1) is 13.0. The number of methoxy groups -OCH3 is 1. The summed E-state index contributed by atoms with van der Waals surface area (Å²) in [5.41, 5.74) is 2.37. The van der Waals surface area contributed by atoms with Crippen molar-refractivity contribution in [3.8, 4) is 5.75 Å². The maximum absolute atomic E-state index is 13.1. The second-order valence-electron chi connectivity index (χ2n) is 7.04. The molecule has 2 aromatic rings. The second-order valence-corrected chi connectivity index (χ2v) is 7.48. The van der Waals surface area contributed by atoms with Crippen molar-refractivity contribution >= 4 is 23.2 Å². The van der Waals surface area contributed by atoms with Gasteiger partial charge in [0.1, 0.15) is 5.75 Å². The van der Waals surface area contributed by atoms with Gasteiger partial charge in [-0.05, 0) is 56.1 Å². The fourth-order valence-corrected chi connectivity index (χ4v) is 3.82. The van der Waals surface area contributed by atoms with Crippen molar-refractivity contribution in [3.63, 3.8) is 0 Å². The SMILES string of the molecule is COc1ccc(Cl)cc1C(=O)[C@H]1CCCN(Cc2cccc(C(C)=O)c2)C1. The van der Waals surface area contributed by atoms with Gasteiger partial charge in [0.15, 0.2) is 11.6 Å². The molecule has 1 saturated heterocycles. The number of ketones is 2. The van der Waals surface area contributed by atoms with Crippen LogP contribution in [0, 0.1) is 5.92 Å². The summed E-state index contributed by atoms with van der Waals surface area (Å²) in [7, 11) is 1.56. The van der Waals surface area contributed by atoms with Crippen LogP contribution in [0.5, 0.6) is 5.75 Å². The molecular formula is C22H24ClNO3. The molecule has 1 aliphatic heterocycles. The molecule has 0 amide bonds. The number of Topliss-reactive ketones (excluding diaryl/α,β-unsaturated/α-hetero) is 2. The van der Waals surface area contributed by atoms with Crippen LogP contribution in [-0.4, -0.2) is 36.7 Å². The predicted octanol–water partition coefficient (Wildman–Crippen LogP) is 4.65. The van der Waals surface area contributed by atoms with E-state index in [0.29, 0.717) is 22.9 Å². The van der Waals surface area contributed by atoms with Crippen LogP contribution in [-0.2, 0) is 6.54 Å². The van der Waals surface area contributed by atoms with Crippen LogP contribution in [0.25, 0.3) is 0 Å². The number of carbonyl (C=O) groups is 2. The molecule has 27 heavy (non-hydrogen) atoms. The van der Waals surface area contributed by atoms with Crippen LogP contribution in [0.4, 0.5) is 0 Å². The number of hydrogen-bond donors (Lipinski definition) is 0. The summed E-state index contributed by atoms with van der Waals surface area (Å²) in [6, 6.07) is 12.9. The number of nitrogens with zero attached hydrogens (tertiary/aromatic N) is 1. The van der Waals surface area contributed by atoms with Crippen LogP contribution >= 0.6 is 11.6 Å². The van der Waals surface area contributed by atoms with E-state index in [1.807, 2.05) is 24.3 Å². The van der Waals surface area contributed by atoms with Crippen LogP contribution in [0.3, 0.4) is 0 Å². The van der Waals surface area contributed by atoms with Gasteiger partial charge in [0.2, 0.25) is 0 Å². The second kappa shape index (κ2) is 8.68. The van der Waals surface area contributed by atoms with Crippen molar-refractivity contribution in [1.29, 1.82) is 0 Å². The largest absolute Gasteiger partial charge is 0.496 e. The molecule has 0 unspecified atom stereocenters. The van der Waals surface area contributed by atoms with Crippen LogP contribution in [0.1, 0.15) is 46.0 Å². The zero-order valence-corrected chi connectivity index (χ0v) is 16.5. The quantitative estimate of drug-likeness (QED) is 0.679. The minimum absolute atomic E-state index is 0.0663. The average molecular weight is 386 g/mol. The minimum atomic E-state index is -0.0814. The van der Waals surface area contributed by atoms with Gasteiger partial charge in [0, 0.05) is 29.6 Å². The van der Waals surface area contributed by atoms with Gasteiger partial charge in [0.25, 0.3) is 0 Å². The van der Waals surface area contributed by atoms with E-state index in [-0.39, 0.29) is 17.5 Å². The monoisotopic (exact) mass is 385 g/mol. The Bertz CT molecular complexity index is 849. The fraction of sp³-hybridized carbons (Fsp3) is 0.364. The first-order valence-corrected chi connectivity index (χ1v) is 9.55. The first kappa shape index (κ1) is 19.6. The number of benzene rings is 2. The maximum atomic E-state index is 13.1. The molecule has 142 valence electrons. The third kappa shape index (κ3) is 4.76. The molecule has 0 bridgehead atoms. The van der Waals surface area contributed by atoms with Gasteiger partial charge >= 0.3 is 0 Å². The smallest absolute Gasteiger partial charge is 0.170 e. The van der Waals surface area contributed by atoms with E-state index in [9.17, 15) is 9.59 Å². The van der Waals surface area contributed by atoms with Crippen LogP contribution in [0.15, 0.2) is 42.5 Å². The van der Waals surface area contributed by atoms with Crippen LogP contribution in [0.2, 0.25) is 5.02 Å². The Balaban J connectivity index is 1.73. The van der Waals surface area contributed by atoms with E-state index < -0.39 is 0 Å². The molecule has 1 atom stereocenters. The Hall–Kier alpha value is -2.17. The van der Waals surface area contributed by atoms with Crippen molar-refractivity contribution in [3.05, 3.63) is 64.2 Å². The third-order valence-corrected chi connectivity index (χ3v) is 5.28. The van der Waals surface area contributed by atoms with Crippen molar-refractivity contribution in [2.45, 2.75) is 26.3 Å². The summed E-state index contributed by atoms with van der Waals surface area (Å²) < 4.78 is 5.35. The number of ether oxygens (including phenoxy) is 1. The lowest BCUT2D eigenvalue weighted by molar-refractivity contribution is 0.0808. The summed E-state index contributed by atoms with van der Waals surface area (Å²) >= 11 is 6.09. The molecule has 1 aliphatic rings. The van der Waals surface area contributed by atoms with Gasteiger partial charge in [-0.15, -0.1) is 0 Å². The normalized spacial score (nSPS) is 17.5. The zero-order valence-electron chi connectivity index (χ0n) is 15.7. The van der Waals surface area contributed by atoms with Gasteiger partial charge < -0.3 is 4.74 Å². The molecule has 4 nitrogen and oxygen atoms in total. The Morgan fingerprint density at radius 3 is 2.78 bits per heavy atom. The summed E-state index contributed by atoms with van der Waals surface area (Å²) in [6.07, 6.45) is 1.82. The Kier molecular flexibility index (Phi) is 6.30. The summed E-state index contributed by atoms with van der Waals surface area (Å²) in [4.78, 5) is 26.9. The molecule has 0 aromatic heterocycles. The van der Waals surface area contributed by atoms with E-state index in [0.717, 1.165) is 37.1 Å². The lowest BCUT2D eigenvalue weighted by Gasteiger charge is -2.32. The lowest BCUT2D eigenvalue weighted by Crippen LogP contribution is -2.38. The van der Waals surface area contributed by atoms with Gasteiger partial charge in [-0.3, -0.25) is 14.5 Å². The molecule has 2 aromatic carbocycles. The molecule has 5 heteroatoms. The van der Waals surface area contributed by atoms with Crippen molar-refractivity contribution in [2.75, 3.05) is 20.2 Å². The molecule has 0 N–H and O–H groups in total. The van der Waals surface area contributed by atoms with E-state index in [2.05, 4.69) is 4.90 Å². The van der Waals surface area contributed by atoms with Crippen molar-refractivity contribution in [2.24, 2.45) is 5.92 Å². The summed E-state index contributed by atoms with van der Waals surface area (Å²) in [5.74, 6) is 0.630. The highest BCUT2D eigenvalue weighted by Gasteiger charge is 2.28.